The molecule has 1 aromatic carbocycles. The van der Waals surface area contributed by atoms with Crippen LogP contribution in [0.5, 0.6) is 0 Å². The monoisotopic (exact) mass is 314 g/mol. The van der Waals surface area contributed by atoms with Crippen molar-refractivity contribution < 1.29 is 14.4 Å². The first kappa shape index (κ1) is 15.2. The number of urea groups is 1. The largest absolute Gasteiger partial charge is 0.396 e. The van der Waals surface area contributed by atoms with Crippen LogP contribution in [0, 0.1) is 12.8 Å². The Labute approximate surface area is 133 Å². The van der Waals surface area contributed by atoms with E-state index in [1.165, 1.54) is 0 Å². The number of rotatable bonds is 4. The van der Waals surface area contributed by atoms with Crippen LogP contribution >= 0.6 is 0 Å². The summed E-state index contributed by atoms with van der Waals surface area (Å²) in [5, 5.41) is 18.7. The number of aromatic nitrogens is 2. The predicted octanol–water partition coefficient (Wildman–Crippen LogP) is 2.10. The van der Waals surface area contributed by atoms with Crippen molar-refractivity contribution in [3.05, 3.63) is 42.3 Å². The fourth-order valence-corrected chi connectivity index (χ4v) is 2.54. The molecule has 0 fully saturated rings. The molecule has 0 saturated carbocycles. The fraction of sp³-hybridized carbons (Fsp3) is 0.312. The first-order chi connectivity index (χ1) is 11.2. The Bertz CT molecular complexity index is 726. The molecule has 2 amide bonds. The standard InChI is InChI=1S/C16H18N4O3/c1-10-17-15(20-23-10)13-4-2-3-5-14(13)19-16(22)18-12-7-6-11(8-12)9-21/h2-7,11-12,21H,8-9H2,1H3,(H2,18,19,22)/t11-,12+/m0/s1. The molecule has 1 aliphatic rings. The summed E-state index contributed by atoms with van der Waals surface area (Å²) in [7, 11) is 0. The van der Waals surface area contributed by atoms with Gasteiger partial charge in [-0.05, 0) is 18.6 Å². The number of aryl methyl sites for hydroxylation is 1. The number of nitrogens with zero attached hydrogens (tertiary/aromatic N) is 2. The summed E-state index contributed by atoms with van der Waals surface area (Å²) >= 11 is 0. The van der Waals surface area contributed by atoms with Crippen LogP contribution in [0.1, 0.15) is 12.3 Å². The number of hydrogen-bond donors (Lipinski definition) is 3. The number of aliphatic hydroxyl groups excluding tert-OH is 1. The van der Waals surface area contributed by atoms with E-state index in [1.54, 1.807) is 13.0 Å². The smallest absolute Gasteiger partial charge is 0.319 e. The third-order valence-corrected chi connectivity index (χ3v) is 3.67. The predicted molar refractivity (Wildman–Crippen MR) is 84.7 cm³/mol. The summed E-state index contributed by atoms with van der Waals surface area (Å²) in [6.45, 7) is 1.81. The summed E-state index contributed by atoms with van der Waals surface area (Å²) in [4.78, 5) is 16.4. The van der Waals surface area contributed by atoms with E-state index in [1.807, 2.05) is 30.4 Å². The van der Waals surface area contributed by atoms with Gasteiger partial charge in [0.1, 0.15) is 0 Å². The van der Waals surface area contributed by atoms with Crippen LogP contribution in [0.4, 0.5) is 10.5 Å². The van der Waals surface area contributed by atoms with Gasteiger partial charge in [0.15, 0.2) is 0 Å². The van der Waals surface area contributed by atoms with E-state index in [9.17, 15) is 4.79 Å². The third-order valence-electron chi connectivity index (χ3n) is 3.67. The second-order valence-electron chi connectivity index (χ2n) is 5.45. The molecule has 3 N–H and O–H groups in total. The summed E-state index contributed by atoms with van der Waals surface area (Å²) in [5.41, 5.74) is 1.29. The number of carbonyl (C=O) groups is 1. The van der Waals surface area contributed by atoms with Crippen molar-refractivity contribution in [1.29, 1.82) is 0 Å². The fourth-order valence-electron chi connectivity index (χ4n) is 2.54. The van der Waals surface area contributed by atoms with Crippen molar-refractivity contribution in [3.8, 4) is 11.4 Å². The van der Waals surface area contributed by atoms with Crippen LogP contribution < -0.4 is 10.6 Å². The van der Waals surface area contributed by atoms with Crippen molar-refractivity contribution >= 4 is 11.7 Å². The third kappa shape index (κ3) is 3.57. The van der Waals surface area contributed by atoms with E-state index < -0.39 is 0 Å². The van der Waals surface area contributed by atoms with E-state index in [4.69, 9.17) is 9.63 Å². The maximum Gasteiger partial charge on any atom is 0.319 e. The number of aliphatic hydroxyl groups is 1. The molecule has 7 heteroatoms. The molecule has 3 rings (SSSR count). The Hall–Kier alpha value is -2.67. The van der Waals surface area contributed by atoms with Crippen LogP contribution in [0.2, 0.25) is 0 Å². The van der Waals surface area contributed by atoms with Gasteiger partial charge >= 0.3 is 6.03 Å². The molecule has 1 aromatic heterocycles. The topological polar surface area (TPSA) is 100 Å². The van der Waals surface area contributed by atoms with Gasteiger partial charge < -0.3 is 20.3 Å². The highest BCUT2D eigenvalue weighted by atomic mass is 16.5. The molecule has 0 aliphatic heterocycles. The summed E-state index contributed by atoms with van der Waals surface area (Å²) in [6.07, 6.45) is 4.52. The second kappa shape index (κ2) is 6.62. The minimum atomic E-state index is -0.314. The average Bonchev–Trinajstić information content (AvgIpc) is 3.16. The molecular weight excluding hydrogens is 296 g/mol. The van der Waals surface area contributed by atoms with Crippen LogP contribution in [0.15, 0.2) is 40.9 Å². The lowest BCUT2D eigenvalue weighted by Crippen LogP contribution is -2.36. The molecule has 0 saturated heterocycles. The molecule has 0 spiro atoms. The summed E-state index contributed by atoms with van der Waals surface area (Å²) in [6, 6.07) is 6.87. The molecule has 1 aliphatic carbocycles. The SMILES string of the molecule is Cc1nc(-c2ccccc2NC(=O)N[C@@H]2C=C[C@H](CO)C2)no1. The number of nitrogens with one attached hydrogen (secondary N) is 2. The highest BCUT2D eigenvalue weighted by molar-refractivity contribution is 5.93. The van der Waals surface area contributed by atoms with Gasteiger partial charge in [-0.2, -0.15) is 4.98 Å². The molecule has 2 atom stereocenters. The number of anilines is 1. The number of amides is 2. The Morgan fingerprint density at radius 2 is 2.22 bits per heavy atom. The van der Waals surface area contributed by atoms with Crippen LogP contribution in [0.25, 0.3) is 11.4 Å². The quantitative estimate of drug-likeness (QED) is 0.750. The highest BCUT2D eigenvalue weighted by Gasteiger charge is 2.20. The Morgan fingerprint density at radius 3 is 2.91 bits per heavy atom. The van der Waals surface area contributed by atoms with E-state index in [-0.39, 0.29) is 24.6 Å². The maximum absolute atomic E-state index is 12.2. The molecular formula is C16H18N4O3. The van der Waals surface area contributed by atoms with Gasteiger partial charge in [-0.25, -0.2) is 4.79 Å². The van der Waals surface area contributed by atoms with Crippen LogP contribution in [-0.4, -0.2) is 33.9 Å². The van der Waals surface area contributed by atoms with Crippen molar-refractivity contribution in [1.82, 2.24) is 15.5 Å². The summed E-state index contributed by atoms with van der Waals surface area (Å²) < 4.78 is 4.99. The lowest BCUT2D eigenvalue weighted by molar-refractivity contribution is 0.238. The van der Waals surface area contributed by atoms with E-state index in [0.717, 1.165) is 0 Å². The molecule has 0 radical (unpaired) electrons. The normalized spacial score (nSPS) is 19.7. The molecule has 1 heterocycles. The zero-order valence-corrected chi connectivity index (χ0v) is 12.7. The molecule has 7 nitrogen and oxygen atoms in total. The number of para-hydroxylation sites is 1. The van der Waals surface area contributed by atoms with Gasteiger partial charge in [-0.15, -0.1) is 0 Å². The van der Waals surface area contributed by atoms with Crippen molar-refractivity contribution in [2.75, 3.05) is 11.9 Å². The highest BCUT2D eigenvalue weighted by Crippen LogP contribution is 2.25. The lowest BCUT2D eigenvalue weighted by Gasteiger charge is -2.14. The van der Waals surface area contributed by atoms with Crippen LogP contribution in [-0.2, 0) is 0 Å². The Kier molecular flexibility index (Phi) is 4.38. The average molecular weight is 314 g/mol. The zero-order valence-electron chi connectivity index (χ0n) is 12.7. The van der Waals surface area contributed by atoms with Gasteiger partial charge in [0, 0.05) is 31.1 Å². The number of hydrogen-bond acceptors (Lipinski definition) is 5. The van der Waals surface area contributed by atoms with Crippen molar-refractivity contribution in [2.45, 2.75) is 19.4 Å². The van der Waals surface area contributed by atoms with Crippen molar-refractivity contribution in [3.63, 3.8) is 0 Å². The number of benzene rings is 1. The van der Waals surface area contributed by atoms with Gasteiger partial charge in [-0.1, -0.05) is 29.4 Å². The zero-order chi connectivity index (χ0) is 16.2. The molecule has 0 bridgehead atoms. The second-order valence-corrected chi connectivity index (χ2v) is 5.45. The molecule has 23 heavy (non-hydrogen) atoms. The van der Waals surface area contributed by atoms with Gasteiger partial charge in [0.25, 0.3) is 0 Å². The van der Waals surface area contributed by atoms with Gasteiger partial charge in [0.2, 0.25) is 11.7 Å². The number of carbonyl (C=O) groups excluding carboxylic acids is 1. The van der Waals surface area contributed by atoms with Gasteiger partial charge in [-0.3, -0.25) is 0 Å². The lowest BCUT2D eigenvalue weighted by atomic mass is 10.1. The molecule has 120 valence electrons. The minimum absolute atomic E-state index is 0.0771. The Morgan fingerprint density at radius 1 is 1.39 bits per heavy atom. The van der Waals surface area contributed by atoms with E-state index >= 15 is 0 Å². The maximum atomic E-state index is 12.2. The van der Waals surface area contributed by atoms with E-state index in [2.05, 4.69) is 20.8 Å². The van der Waals surface area contributed by atoms with E-state index in [0.29, 0.717) is 29.4 Å². The molecule has 0 unspecified atom stereocenters. The van der Waals surface area contributed by atoms with Crippen molar-refractivity contribution in [2.24, 2.45) is 5.92 Å². The minimum Gasteiger partial charge on any atom is -0.396 e. The summed E-state index contributed by atoms with van der Waals surface area (Å²) in [5.74, 6) is 1.000. The first-order valence-electron chi connectivity index (χ1n) is 7.42. The Balaban J connectivity index is 1.68. The van der Waals surface area contributed by atoms with Crippen LogP contribution in [0.3, 0.4) is 0 Å². The first-order valence-corrected chi connectivity index (χ1v) is 7.42. The molecule has 2 aromatic rings. The van der Waals surface area contributed by atoms with Gasteiger partial charge in [0.05, 0.1) is 5.69 Å².